The first kappa shape index (κ1) is 60.1. The predicted octanol–water partition coefficient (Wildman–Crippen LogP) is 17.6. The van der Waals surface area contributed by atoms with Gasteiger partial charge in [0.1, 0.15) is 13.2 Å². The largest absolute Gasteiger partial charge is 0.462 e. The number of unbranched alkanes of at least 4 members (excludes halogenated alkanes) is 27. The van der Waals surface area contributed by atoms with Gasteiger partial charge in [0.25, 0.3) is 0 Å². The minimum absolute atomic E-state index is 0.0968. The van der Waals surface area contributed by atoms with Gasteiger partial charge in [0.05, 0.1) is 0 Å². The van der Waals surface area contributed by atoms with Gasteiger partial charge in [-0.15, -0.1) is 0 Å². The average Bonchev–Trinajstić information content (AvgIpc) is 3.28. The SMILES string of the molecule is CCCCC/C=C\C/C=C\C/C=C\C/C=C\CCCC(=O)OC(COC(=O)CCCCCCC/C=C\CCCCCCCCCCC)COC(=O)CCCCCCCCCCCC. The zero-order chi connectivity index (χ0) is 45.8. The number of hydrogen-bond donors (Lipinski definition) is 0. The van der Waals surface area contributed by atoms with E-state index in [4.69, 9.17) is 14.2 Å². The molecule has 0 aromatic rings. The van der Waals surface area contributed by atoms with Crippen molar-refractivity contribution in [1.82, 2.24) is 0 Å². The van der Waals surface area contributed by atoms with Crippen LogP contribution >= 0.6 is 0 Å². The molecule has 0 saturated heterocycles. The van der Waals surface area contributed by atoms with Crippen molar-refractivity contribution in [2.75, 3.05) is 13.2 Å². The van der Waals surface area contributed by atoms with Crippen LogP contribution in [0.15, 0.2) is 60.8 Å². The summed E-state index contributed by atoms with van der Waals surface area (Å²) in [4.78, 5) is 37.9. The van der Waals surface area contributed by atoms with E-state index in [0.717, 1.165) is 70.6 Å². The molecule has 0 N–H and O–H groups in total. The summed E-state index contributed by atoms with van der Waals surface area (Å²) in [6.07, 6.45) is 63.6. The average molecular weight is 881 g/mol. The quantitative estimate of drug-likeness (QED) is 0.0262. The van der Waals surface area contributed by atoms with Crippen LogP contribution in [0.5, 0.6) is 0 Å². The maximum Gasteiger partial charge on any atom is 0.306 e. The highest BCUT2D eigenvalue weighted by Gasteiger charge is 2.19. The Balaban J connectivity index is 4.42. The molecule has 1 unspecified atom stereocenters. The topological polar surface area (TPSA) is 78.9 Å². The van der Waals surface area contributed by atoms with E-state index in [2.05, 4.69) is 81.5 Å². The van der Waals surface area contributed by atoms with E-state index in [0.29, 0.717) is 19.3 Å². The Morgan fingerprint density at radius 1 is 0.317 bits per heavy atom. The first-order chi connectivity index (χ1) is 31.0. The van der Waals surface area contributed by atoms with Crippen LogP contribution in [-0.4, -0.2) is 37.2 Å². The molecule has 0 fully saturated rings. The molecule has 6 nitrogen and oxygen atoms in total. The van der Waals surface area contributed by atoms with E-state index in [1.807, 2.05) is 0 Å². The normalized spacial score (nSPS) is 12.5. The molecular formula is C57H100O6. The Kier molecular flexibility index (Phi) is 49.4. The fourth-order valence-corrected chi connectivity index (χ4v) is 7.43. The molecule has 0 aliphatic heterocycles. The van der Waals surface area contributed by atoms with Gasteiger partial charge in [-0.25, -0.2) is 0 Å². The molecule has 0 spiro atoms. The fraction of sp³-hybridized carbons (Fsp3) is 0.772. The molecule has 0 radical (unpaired) electrons. The van der Waals surface area contributed by atoms with Crippen molar-refractivity contribution < 1.29 is 28.6 Å². The minimum Gasteiger partial charge on any atom is -0.462 e. The van der Waals surface area contributed by atoms with Crippen LogP contribution in [0.25, 0.3) is 0 Å². The van der Waals surface area contributed by atoms with Crippen LogP contribution in [0.4, 0.5) is 0 Å². The van der Waals surface area contributed by atoms with Crippen LogP contribution in [0.3, 0.4) is 0 Å². The van der Waals surface area contributed by atoms with Gasteiger partial charge in [-0.2, -0.15) is 0 Å². The molecule has 0 heterocycles. The zero-order valence-corrected chi connectivity index (χ0v) is 41.6. The van der Waals surface area contributed by atoms with Crippen molar-refractivity contribution in [2.45, 2.75) is 271 Å². The summed E-state index contributed by atoms with van der Waals surface area (Å²) in [5.74, 6) is -0.958. The molecule has 1 atom stereocenters. The van der Waals surface area contributed by atoms with E-state index >= 15 is 0 Å². The van der Waals surface area contributed by atoms with Crippen molar-refractivity contribution in [2.24, 2.45) is 0 Å². The van der Waals surface area contributed by atoms with E-state index in [1.54, 1.807) is 0 Å². The summed E-state index contributed by atoms with van der Waals surface area (Å²) in [5, 5.41) is 0. The molecule has 0 saturated carbocycles. The number of ether oxygens (including phenoxy) is 3. The molecule has 63 heavy (non-hydrogen) atoms. The Morgan fingerprint density at radius 3 is 0.984 bits per heavy atom. The molecule has 0 amide bonds. The number of hydrogen-bond acceptors (Lipinski definition) is 6. The number of carbonyl (C=O) groups is 3. The lowest BCUT2D eigenvalue weighted by Crippen LogP contribution is -2.30. The lowest BCUT2D eigenvalue weighted by atomic mass is 10.1. The number of carbonyl (C=O) groups excluding carboxylic acids is 3. The van der Waals surface area contributed by atoms with Crippen molar-refractivity contribution in [3.63, 3.8) is 0 Å². The van der Waals surface area contributed by atoms with Gasteiger partial charge in [-0.1, -0.05) is 223 Å². The smallest absolute Gasteiger partial charge is 0.306 e. The van der Waals surface area contributed by atoms with E-state index in [9.17, 15) is 14.4 Å². The van der Waals surface area contributed by atoms with E-state index in [1.165, 1.54) is 148 Å². The summed E-state index contributed by atoms with van der Waals surface area (Å²) >= 11 is 0. The molecular weight excluding hydrogens is 781 g/mol. The lowest BCUT2D eigenvalue weighted by Gasteiger charge is -2.18. The Bertz CT molecular complexity index is 1150. The second-order valence-electron chi connectivity index (χ2n) is 17.8. The monoisotopic (exact) mass is 881 g/mol. The Labute approximate surface area is 390 Å². The molecule has 364 valence electrons. The lowest BCUT2D eigenvalue weighted by molar-refractivity contribution is -0.167. The van der Waals surface area contributed by atoms with Crippen molar-refractivity contribution in [3.05, 3.63) is 60.8 Å². The molecule has 0 aromatic carbocycles. The highest BCUT2D eigenvalue weighted by Crippen LogP contribution is 2.14. The summed E-state index contributed by atoms with van der Waals surface area (Å²) in [5.41, 5.74) is 0. The Morgan fingerprint density at radius 2 is 0.587 bits per heavy atom. The third-order valence-electron chi connectivity index (χ3n) is 11.5. The maximum atomic E-state index is 12.8. The number of esters is 3. The van der Waals surface area contributed by atoms with Crippen molar-refractivity contribution in [1.29, 1.82) is 0 Å². The summed E-state index contributed by atoms with van der Waals surface area (Å²) in [6.45, 7) is 6.56. The van der Waals surface area contributed by atoms with E-state index in [-0.39, 0.29) is 37.5 Å². The van der Waals surface area contributed by atoms with Gasteiger partial charge in [0.2, 0.25) is 0 Å². The van der Waals surface area contributed by atoms with Crippen LogP contribution < -0.4 is 0 Å². The second-order valence-corrected chi connectivity index (χ2v) is 17.8. The third-order valence-corrected chi connectivity index (χ3v) is 11.5. The highest BCUT2D eigenvalue weighted by atomic mass is 16.6. The number of allylic oxidation sites excluding steroid dienone is 10. The van der Waals surface area contributed by atoms with Gasteiger partial charge in [0.15, 0.2) is 6.10 Å². The molecule has 0 aliphatic rings. The first-order valence-corrected chi connectivity index (χ1v) is 26.8. The van der Waals surface area contributed by atoms with Crippen molar-refractivity contribution in [3.8, 4) is 0 Å². The third kappa shape index (κ3) is 50.0. The molecule has 0 aliphatic carbocycles. The molecule has 0 aromatic heterocycles. The van der Waals surface area contributed by atoms with Crippen LogP contribution in [0.1, 0.15) is 265 Å². The standard InChI is InChI=1S/C57H100O6/c1-4-7-10-13-16-19-22-24-26-28-30-31-33-35-38-41-44-47-50-56(59)62-53-54(52-61-55(58)49-46-43-40-37-21-18-15-12-9-6-3)63-57(60)51-48-45-42-39-36-34-32-29-27-25-23-20-17-14-11-8-5-2/h17,20,25,27,30-32,34,39,42,54H,4-16,18-19,21-24,26,28-29,33,35-38,40-41,43-53H2,1-3H3/b20-17-,27-25-,31-30-,34-32-,42-39-. The molecule has 6 heteroatoms. The first-order valence-electron chi connectivity index (χ1n) is 26.8. The summed E-state index contributed by atoms with van der Waals surface area (Å²) < 4.78 is 16.7. The zero-order valence-electron chi connectivity index (χ0n) is 41.6. The van der Waals surface area contributed by atoms with Gasteiger partial charge < -0.3 is 14.2 Å². The summed E-state index contributed by atoms with van der Waals surface area (Å²) in [7, 11) is 0. The van der Waals surface area contributed by atoms with Gasteiger partial charge in [-0.3, -0.25) is 14.4 Å². The van der Waals surface area contributed by atoms with Crippen LogP contribution in [0.2, 0.25) is 0 Å². The van der Waals surface area contributed by atoms with Crippen LogP contribution in [-0.2, 0) is 28.6 Å². The maximum absolute atomic E-state index is 12.8. The van der Waals surface area contributed by atoms with Gasteiger partial charge in [-0.05, 0) is 83.5 Å². The van der Waals surface area contributed by atoms with E-state index < -0.39 is 6.10 Å². The van der Waals surface area contributed by atoms with Gasteiger partial charge >= 0.3 is 17.9 Å². The minimum atomic E-state index is -0.803. The highest BCUT2D eigenvalue weighted by molar-refractivity contribution is 5.71. The number of rotatable bonds is 48. The molecule has 0 rings (SSSR count). The predicted molar refractivity (Wildman–Crippen MR) is 270 cm³/mol. The van der Waals surface area contributed by atoms with Crippen molar-refractivity contribution >= 4 is 17.9 Å². The molecule has 0 bridgehead atoms. The fourth-order valence-electron chi connectivity index (χ4n) is 7.43. The van der Waals surface area contributed by atoms with Gasteiger partial charge in [0, 0.05) is 19.3 Å². The summed E-state index contributed by atoms with van der Waals surface area (Å²) in [6, 6.07) is 0. The Hall–Kier alpha value is -2.89. The second kappa shape index (κ2) is 51.7. The van der Waals surface area contributed by atoms with Crippen LogP contribution in [0, 0.1) is 0 Å².